The molecule has 21 heavy (non-hydrogen) atoms. The lowest BCUT2D eigenvalue weighted by Crippen LogP contribution is -2.52. The summed E-state index contributed by atoms with van der Waals surface area (Å²) in [6.45, 7) is 1.45. The molecular weight excluding hydrogens is 272 g/mol. The van der Waals surface area contributed by atoms with E-state index < -0.39 is 6.09 Å². The van der Waals surface area contributed by atoms with Crippen LogP contribution >= 0.6 is 0 Å². The number of methoxy groups -OCH3 is 1. The first-order valence-electron chi connectivity index (χ1n) is 6.96. The molecular formula is C15H20N2O4. The molecule has 0 spiro atoms. The summed E-state index contributed by atoms with van der Waals surface area (Å²) in [6.07, 6.45) is 0.153. The van der Waals surface area contributed by atoms with Gasteiger partial charge in [-0.25, -0.2) is 4.79 Å². The smallest absolute Gasteiger partial charge is 0.407 e. The minimum atomic E-state index is -0.514. The van der Waals surface area contributed by atoms with Gasteiger partial charge in [0.2, 0.25) is 0 Å². The average molecular weight is 292 g/mol. The summed E-state index contributed by atoms with van der Waals surface area (Å²) in [7, 11) is 1.35. The van der Waals surface area contributed by atoms with Crippen molar-refractivity contribution in [2.75, 3.05) is 20.2 Å². The molecule has 0 radical (unpaired) electrons. The maximum absolute atomic E-state index is 11.8. The number of amides is 1. The quantitative estimate of drug-likeness (QED) is 0.812. The normalized spacial score (nSPS) is 21.4. The number of benzene rings is 1. The van der Waals surface area contributed by atoms with Crippen LogP contribution in [0.1, 0.15) is 12.0 Å². The minimum absolute atomic E-state index is 0.209. The molecule has 2 N–H and O–H groups in total. The highest BCUT2D eigenvalue weighted by Gasteiger charge is 2.33. The van der Waals surface area contributed by atoms with Crippen molar-refractivity contribution in [1.29, 1.82) is 0 Å². The third-order valence-electron chi connectivity index (χ3n) is 3.50. The number of esters is 1. The van der Waals surface area contributed by atoms with E-state index in [-0.39, 0.29) is 24.5 Å². The van der Waals surface area contributed by atoms with Crippen molar-refractivity contribution >= 4 is 12.1 Å². The van der Waals surface area contributed by atoms with Crippen LogP contribution in [0.15, 0.2) is 30.3 Å². The van der Waals surface area contributed by atoms with Crippen LogP contribution in [0.3, 0.4) is 0 Å². The predicted molar refractivity (Wildman–Crippen MR) is 76.5 cm³/mol. The maximum atomic E-state index is 11.8. The Balaban J connectivity index is 1.84. The molecule has 1 saturated heterocycles. The summed E-state index contributed by atoms with van der Waals surface area (Å²) in [6, 6.07) is 9.18. The van der Waals surface area contributed by atoms with Crippen molar-refractivity contribution in [3.05, 3.63) is 35.9 Å². The van der Waals surface area contributed by atoms with Crippen LogP contribution in [0.25, 0.3) is 0 Å². The van der Waals surface area contributed by atoms with Gasteiger partial charge in [0.25, 0.3) is 0 Å². The molecule has 1 aromatic rings. The topological polar surface area (TPSA) is 76.7 Å². The fraction of sp³-hybridized carbons (Fsp3) is 0.467. The zero-order valence-electron chi connectivity index (χ0n) is 12.0. The van der Waals surface area contributed by atoms with Crippen molar-refractivity contribution in [3.63, 3.8) is 0 Å². The largest absolute Gasteiger partial charge is 0.469 e. The number of rotatable bonds is 4. The fourth-order valence-electron chi connectivity index (χ4n) is 2.35. The lowest BCUT2D eigenvalue weighted by atomic mass is 9.93. The molecule has 0 aromatic heterocycles. The number of carbonyl (C=O) groups excluding carboxylic acids is 2. The highest BCUT2D eigenvalue weighted by Crippen LogP contribution is 2.13. The molecule has 6 heteroatoms. The number of nitrogens with one attached hydrogen (secondary N) is 2. The van der Waals surface area contributed by atoms with Crippen LogP contribution < -0.4 is 10.6 Å². The first-order chi connectivity index (χ1) is 10.2. The summed E-state index contributed by atoms with van der Waals surface area (Å²) < 4.78 is 9.93. The SMILES string of the molecule is COC(=O)[C@H]1CNCC[C@@H]1NC(=O)OCc1ccccc1. The van der Waals surface area contributed by atoms with E-state index in [1.807, 2.05) is 30.3 Å². The van der Waals surface area contributed by atoms with Gasteiger partial charge in [-0.05, 0) is 18.5 Å². The second-order valence-electron chi connectivity index (χ2n) is 4.94. The van der Waals surface area contributed by atoms with Gasteiger partial charge in [-0.15, -0.1) is 0 Å². The molecule has 1 amide bonds. The Morgan fingerprint density at radius 1 is 1.33 bits per heavy atom. The minimum Gasteiger partial charge on any atom is -0.469 e. The van der Waals surface area contributed by atoms with E-state index in [1.54, 1.807) is 0 Å². The first-order valence-corrected chi connectivity index (χ1v) is 6.96. The maximum Gasteiger partial charge on any atom is 0.407 e. The summed E-state index contributed by atoms with van der Waals surface area (Å²) in [5.74, 6) is -0.705. The molecule has 1 aliphatic heterocycles. The van der Waals surface area contributed by atoms with Crippen LogP contribution in [0.5, 0.6) is 0 Å². The Hall–Kier alpha value is -2.08. The summed E-state index contributed by atoms with van der Waals surface area (Å²) in [5, 5.41) is 5.87. The van der Waals surface area contributed by atoms with Gasteiger partial charge in [0.1, 0.15) is 6.61 Å². The van der Waals surface area contributed by atoms with E-state index in [4.69, 9.17) is 9.47 Å². The molecule has 2 atom stereocenters. The van der Waals surface area contributed by atoms with Crippen LogP contribution in [0.4, 0.5) is 4.79 Å². The van der Waals surface area contributed by atoms with Crippen LogP contribution in [-0.4, -0.2) is 38.3 Å². The number of carbonyl (C=O) groups is 2. The van der Waals surface area contributed by atoms with E-state index in [0.29, 0.717) is 13.0 Å². The number of piperidine rings is 1. The van der Waals surface area contributed by atoms with Crippen molar-refractivity contribution in [2.24, 2.45) is 5.92 Å². The van der Waals surface area contributed by atoms with Gasteiger partial charge in [0.05, 0.1) is 13.0 Å². The molecule has 2 rings (SSSR count). The second kappa shape index (κ2) is 7.64. The van der Waals surface area contributed by atoms with E-state index in [2.05, 4.69) is 10.6 Å². The van der Waals surface area contributed by atoms with Gasteiger partial charge >= 0.3 is 12.1 Å². The summed E-state index contributed by atoms with van der Waals surface area (Å²) in [4.78, 5) is 23.5. The van der Waals surface area contributed by atoms with E-state index in [0.717, 1.165) is 12.1 Å². The van der Waals surface area contributed by atoms with Gasteiger partial charge in [-0.2, -0.15) is 0 Å². The molecule has 114 valence electrons. The molecule has 0 aliphatic carbocycles. The Morgan fingerprint density at radius 3 is 2.81 bits per heavy atom. The highest BCUT2D eigenvalue weighted by molar-refractivity contribution is 5.75. The average Bonchev–Trinajstić information content (AvgIpc) is 2.54. The molecule has 0 saturated carbocycles. The second-order valence-corrected chi connectivity index (χ2v) is 4.94. The molecule has 1 heterocycles. The summed E-state index contributed by atoms with van der Waals surface area (Å²) >= 11 is 0. The van der Waals surface area contributed by atoms with Gasteiger partial charge in [0.15, 0.2) is 0 Å². The monoisotopic (exact) mass is 292 g/mol. The van der Waals surface area contributed by atoms with Gasteiger partial charge in [-0.1, -0.05) is 30.3 Å². The first kappa shape index (κ1) is 15.3. The highest BCUT2D eigenvalue weighted by atomic mass is 16.5. The van der Waals surface area contributed by atoms with E-state index in [1.165, 1.54) is 7.11 Å². The standard InChI is InChI=1S/C15H20N2O4/c1-20-14(18)12-9-16-8-7-13(12)17-15(19)21-10-11-5-3-2-4-6-11/h2-6,12-13,16H,7-10H2,1H3,(H,17,19)/t12-,13-/m0/s1. The summed E-state index contributed by atoms with van der Waals surface area (Å²) in [5.41, 5.74) is 0.919. The third kappa shape index (κ3) is 4.46. The number of ether oxygens (including phenoxy) is 2. The van der Waals surface area contributed by atoms with Gasteiger partial charge < -0.3 is 20.1 Å². The number of hydrogen-bond acceptors (Lipinski definition) is 5. The van der Waals surface area contributed by atoms with Crippen molar-refractivity contribution in [3.8, 4) is 0 Å². The van der Waals surface area contributed by atoms with E-state index >= 15 is 0 Å². The molecule has 1 fully saturated rings. The van der Waals surface area contributed by atoms with E-state index in [9.17, 15) is 9.59 Å². The Bertz CT molecular complexity index is 478. The number of hydrogen-bond donors (Lipinski definition) is 2. The van der Waals surface area contributed by atoms with Crippen molar-refractivity contribution in [1.82, 2.24) is 10.6 Å². The Morgan fingerprint density at radius 2 is 2.10 bits per heavy atom. The van der Waals surface area contributed by atoms with Crippen molar-refractivity contribution < 1.29 is 19.1 Å². The zero-order chi connectivity index (χ0) is 15.1. The van der Waals surface area contributed by atoms with Crippen LogP contribution in [0, 0.1) is 5.92 Å². The van der Waals surface area contributed by atoms with Crippen LogP contribution in [0.2, 0.25) is 0 Å². The van der Waals surface area contributed by atoms with Crippen molar-refractivity contribution in [2.45, 2.75) is 19.1 Å². The Labute approximate surface area is 123 Å². The number of alkyl carbamates (subject to hydrolysis) is 1. The molecule has 0 bridgehead atoms. The molecule has 1 aliphatic rings. The Kier molecular flexibility index (Phi) is 5.57. The lowest BCUT2D eigenvalue weighted by molar-refractivity contribution is -0.146. The van der Waals surface area contributed by atoms with Gasteiger partial charge in [-0.3, -0.25) is 4.79 Å². The van der Waals surface area contributed by atoms with Gasteiger partial charge in [0, 0.05) is 12.6 Å². The molecule has 1 aromatic carbocycles. The zero-order valence-corrected chi connectivity index (χ0v) is 12.0. The predicted octanol–water partition coefficient (Wildman–Crippen LogP) is 1.06. The fourth-order valence-corrected chi connectivity index (χ4v) is 2.35. The molecule has 6 nitrogen and oxygen atoms in total. The lowest BCUT2D eigenvalue weighted by Gasteiger charge is -2.30. The third-order valence-corrected chi connectivity index (χ3v) is 3.50. The van der Waals surface area contributed by atoms with Crippen LogP contribution in [-0.2, 0) is 20.9 Å². The molecule has 0 unspecified atom stereocenters.